The Labute approximate surface area is 159 Å². The molecule has 8 heteroatoms. The van der Waals surface area contributed by atoms with Crippen LogP contribution >= 0.6 is 24.0 Å². The number of carbonyl (C=O) groups excluding carboxylic acids is 1. The Morgan fingerprint density at radius 3 is 2.54 bits per heavy atom. The number of nitro groups is 1. The van der Waals surface area contributed by atoms with Crippen molar-refractivity contribution in [2.24, 2.45) is 0 Å². The van der Waals surface area contributed by atoms with Crippen molar-refractivity contribution in [3.63, 3.8) is 0 Å². The number of phenolic OH excluding ortho intramolecular Hbond substituents is 1. The van der Waals surface area contributed by atoms with Crippen LogP contribution in [-0.4, -0.2) is 32.2 Å². The van der Waals surface area contributed by atoms with E-state index >= 15 is 0 Å². The van der Waals surface area contributed by atoms with Crippen LogP contribution in [0.2, 0.25) is 0 Å². The van der Waals surface area contributed by atoms with Crippen LogP contribution in [0, 0.1) is 10.1 Å². The fraction of sp³-hybridized carbons (Fsp3) is 0.111. The van der Waals surface area contributed by atoms with Gasteiger partial charge in [-0.3, -0.25) is 19.8 Å². The van der Waals surface area contributed by atoms with Crippen LogP contribution in [0.5, 0.6) is 5.75 Å². The van der Waals surface area contributed by atoms with Crippen molar-refractivity contribution in [2.75, 3.05) is 7.05 Å². The average molecular weight is 386 g/mol. The Morgan fingerprint density at radius 2 is 1.96 bits per heavy atom. The lowest BCUT2D eigenvalue weighted by atomic mass is 10.0. The summed E-state index contributed by atoms with van der Waals surface area (Å²) in [4.78, 5) is 24.5. The molecule has 1 aliphatic rings. The molecule has 6 nitrogen and oxygen atoms in total. The van der Waals surface area contributed by atoms with Crippen LogP contribution in [0.25, 0.3) is 6.08 Å². The highest BCUT2D eigenvalue weighted by Gasteiger charge is 2.29. The lowest BCUT2D eigenvalue weighted by Crippen LogP contribution is -2.22. The number of thioether (sulfide) groups is 1. The molecule has 26 heavy (non-hydrogen) atoms. The fourth-order valence-corrected chi connectivity index (χ4v) is 3.74. The lowest BCUT2D eigenvalue weighted by molar-refractivity contribution is -0.385. The van der Waals surface area contributed by atoms with Crippen molar-refractivity contribution < 1.29 is 14.8 Å². The number of hydrogen-bond acceptors (Lipinski definition) is 6. The van der Waals surface area contributed by atoms with Crippen LogP contribution in [0.3, 0.4) is 0 Å². The molecule has 2 aromatic rings. The molecule has 1 fully saturated rings. The molecular formula is C18H14N2O4S2. The van der Waals surface area contributed by atoms with Crippen LogP contribution in [0.1, 0.15) is 16.7 Å². The molecule has 0 aliphatic carbocycles. The third-order valence-electron chi connectivity index (χ3n) is 3.90. The molecule has 1 amide bonds. The third kappa shape index (κ3) is 3.61. The van der Waals surface area contributed by atoms with Gasteiger partial charge in [-0.25, -0.2) is 0 Å². The monoisotopic (exact) mass is 386 g/mol. The minimum atomic E-state index is -0.633. The van der Waals surface area contributed by atoms with Gasteiger partial charge in [0.1, 0.15) is 4.32 Å². The molecule has 0 unspecified atom stereocenters. The van der Waals surface area contributed by atoms with E-state index in [0.717, 1.165) is 17.3 Å². The van der Waals surface area contributed by atoms with Crippen LogP contribution in [0.4, 0.5) is 5.69 Å². The molecule has 0 radical (unpaired) electrons. The van der Waals surface area contributed by atoms with Gasteiger partial charge in [0.2, 0.25) is 5.75 Å². The molecule has 0 spiro atoms. The largest absolute Gasteiger partial charge is 0.502 e. The van der Waals surface area contributed by atoms with Crippen molar-refractivity contribution >= 4 is 46.0 Å². The summed E-state index contributed by atoms with van der Waals surface area (Å²) in [6, 6.07) is 12.5. The molecule has 1 N–H and O–H groups in total. The summed E-state index contributed by atoms with van der Waals surface area (Å²) >= 11 is 6.18. The molecule has 2 aromatic carbocycles. The van der Waals surface area contributed by atoms with E-state index in [1.54, 1.807) is 13.1 Å². The van der Waals surface area contributed by atoms with E-state index in [0.29, 0.717) is 21.2 Å². The highest BCUT2D eigenvalue weighted by Crippen LogP contribution is 2.37. The second-order valence-electron chi connectivity index (χ2n) is 5.71. The maximum Gasteiger partial charge on any atom is 0.311 e. The van der Waals surface area contributed by atoms with Crippen molar-refractivity contribution in [2.45, 2.75) is 6.42 Å². The van der Waals surface area contributed by atoms with E-state index in [2.05, 4.69) is 0 Å². The Morgan fingerprint density at radius 1 is 1.27 bits per heavy atom. The highest BCUT2D eigenvalue weighted by molar-refractivity contribution is 8.26. The van der Waals surface area contributed by atoms with Crippen LogP contribution < -0.4 is 0 Å². The van der Waals surface area contributed by atoms with Crippen molar-refractivity contribution in [1.82, 2.24) is 4.90 Å². The maximum atomic E-state index is 12.2. The van der Waals surface area contributed by atoms with Gasteiger partial charge in [0.05, 0.1) is 9.83 Å². The van der Waals surface area contributed by atoms with Gasteiger partial charge < -0.3 is 5.11 Å². The molecule has 0 aromatic heterocycles. The Balaban J connectivity index is 2.05. The zero-order chi connectivity index (χ0) is 18.8. The summed E-state index contributed by atoms with van der Waals surface area (Å²) < 4.78 is 0.399. The fourth-order valence-electron chi connectivity index (χ4n) is 2.57. The Hall–Kier alpha value is -2.71. The summed E-state index contributed by atoms with van der Waals surface area (Å²) in [5.74, 6) is -0.760. The first-order valence-electron chi connectivity index (χ1n) is 7.62. The highest BCUT2D eigenvalue weighted by atomic mass is 32.2. The summed E-state index contributed by atoms with van der Waals surface area (Å²) in [6.07, 6.45) is 1.91. The SMILES string of the molecule is CN1C(=O)/C(=C\c2cc(Cc3ccccc3)cc([N+](=O)[O-])c2O)SC1=S. The first kappa shape index (κ1) is 18.1. The number of amides is 1. The van der Waals surface area contributed by atoms with Crippen molar-refractivity contribution in [1.29, 1.82) is 0 Å². The van der Waals surface area contributed by atoms with Crippen LogP contribution in [0.15, 0.2) is 47.4 Å². The summed E-state index contributed by atoms with van der Waals surface area (Å²) in [7, 11) is 1.56. The molecule has 1 heterocycles. The molecule has 132 valence electrons. The molecule has 0 saturated carbocycles. The zero-order valence-electron chi connectivity index (χ0n) is 13.7. The number of aromatic hydroxyl groups is 1. The molecular weight excluding hydrogens is 372 g/mol. The number of carbonyl (C=O) groups is 1. The van der Waals surface area contributed by atoms with Crippen molar-refractivity contribution in [3.05, 3.63) is 74.2 Å². The number of rotatable bonds is 4. The Kier molecular flexibility index (Phi) is 5.06. The Bertz CT molecular complexity index is 942. The first-order valence-corrected chi connectivity index (χ1v) is 8.85. The molecule has 0 bridgehead atoms. The van der Waals surface area contributed by atoms with Gasteiger partial charge in [-0.1, -0.05) is 54.3 Å². The first-order chi connectivity index (χ1) is 12.4. The van der Waals surface area contributed by atoms with Crippen LogP contribution in [-0.2, 0) is 11.2 Å². The molecule has 3 rings (SSSR count). The molecule has 0 atom stereocenters. The van der Waals surface area contributed by atoms with E-state index < -0.39 is 16.4 Å². The van der Waals surface area contributed by atoms with E-state index in [1.165, 1.54) is 17.0 Å². The second-order valence-corrected chi connectivity index (χ2v) is 7.39. The van der Waals surface area contributed by atoms with E-state index in [9.17, 15) is 20.0 Å². The minimum Gasteiger partial charge on any atom is -0.502 e. The number of thiocarbonyl (C=S) groups is 1. The predicted octanol–water partition coefficient (Wildman–Crippen LogP) is 3.72. The number of hydrogen-bond donors (Lipinski definition) is 1. The predicted molar refractivity (Wildman–Crippen MR) is 105 cm³/mol. The van der Waals surface area contributed by atoms with Gasteiger partial charge in [0.15, 0.2) is 0 Å². The smallest absolute Gasteiger partial charge is 0.311 e. The standard InChI is InChI=1S/C18H14N2O4S2/c1-19-17(22)15(26-18(19)25)10-13-8-12(7-11-5-3-2-4-6-11)9-14(16(13)21)20(23)24/h2-6,8-10,21H,7H2,1H3/b15-10+. The summed E-state index contributed by atoms with van der Waals surface area (Å²) in [6.45, 7) is 0. The quantitative estimate of drug-likeness (QED) is 0.373. The van der Waals surface area contributed by atoms with E-state index in [4.69, 9.17) is 12.2 Å². The van der Waals surface area contributed by atoms with Gasteiger partial charge in [0.25, 0.3) is 5.91 Å². The van der Waals surface area contributed by atoms with Crippen molar-refractivity contribution in [3.8, 4) is 5.75 Å². The zero-order valence-corrected chi connectivity index (χ0v) is 15.3. The van der Waals surface area contributed by atoms with Gasteiger partial charge in [-0.15, -0.1) is 0 Å². The molecule has 1 saturated heterocycles. The second kappa shape index (κ2) is 7.27. The van der Waals surface area contributed by atoms with E-state index in [1.807, 2.05) is 30.3 Å². The van der Waals surface area contributed by atoms with Gasteiger partial charge in [-0.05, 0) is 29.7 Å². The number of likely N-dealkylation sites (N-methyl/N-ethyl adjacent to an activating group) is 1. The minimum absolute atomic E-state index is 0.221. The number of benzene rings is 2. The molecule has 1 aliphatic heterocycles. The van der Waals surface area contributed by atoms with Gasteiger partial charge in [0, 0.05) is 18.7 Å². The van der Waals surface area contributed by atoms with Gasteiger partial charge >= 0.3 is 5.69 Å². The number of phenols is 1. The van der Waals surface area contributed by atoms with E-state index in [-0.39, 0.29) is 11.5 Å². The summed E-state index contributed by atoms with van der Waals surface area (Å²) in [5.41, 5.74) is 1.48. The average Bonchev–Trinajstić information content (AvgIpc) is 2.85. The normalized spacial score (nSPS) is 15.7. The maximum absolute atomic E-state index is 12.2. The van der Waals surface area contributed by atoms with Gasteiger partial charge in [-0.2, -0.15) is 0 Å². The lowest BCUT2D eigenvalue weighted by Gasteiger charge is -2.07. The number of nitrogens with zero attached hydrogens (tertiary/aromatic N) is 2. The topological polar surface area (TPSA) is 83.7 Å². The third-order valence-corrected chi connectivity index (χ3v) is 5.38. The number of nitro benzene ring substituents is 1. The summed E-state index contributed by atoms with van der Waals surface area (Å²) in [5, 5.41) is 21.6.